The Morgan fingerprint density at radius 3 is 1.55 bits per heavy atom. The molecule has 2 heterocycles. The number of cyclic esters (lactones) is 2. The highest BCUT2D eigenvalue weighted by molar-refractivity contribution is 6.04. The minimum Gasteiger partial charge on any atom is -0.392 e. The van der Waals surface area contributed by atoms with Crippen LogP contribution in [0.3, 0.4) is 0 Å². The van der Waals surface area contributed by atoms with Crippen LogP contribution in [-0.4, -0.2) is 25.2 Å². The number of benzene rings is 1. The van der Waals surface area contributed by atoms with Crippen molar-refractivity contribution >= 4 is 11.9 Å². The molecule has 16 rings (SSSR count). The molecule has 42 heavy (non-hydrogen) atoms. The first-order valence-corrected chi connectivity index (χ1v) is 16.5. The van der Waals surface area contributed by atoms with E-state index in [1.54, 1.807) is 0 Å². The van der Waals surface area contributed by atoms with Gasteiger partial charge < -0.3 is 9.47 Å². The Kier molecular flexibility index (Phi) is 3.69. The van der Waals surface area contributed by atoms with Crippen LogP contribution >= 0.6 is 0 Å². The predicted octanol–water partition coefficient (Wildman–Crippen LogP) is 5.76. The first-order valence-electron chi connectivity index (χ1n) is 16.5. The molecule has 8 bridgehead atoms. The molecule has 16 atom stereocenters. The topological polar surface area (TPSA) is 52.6 Å². The van der Waals surface area contributed by atoms with Crippen molar-refractivity contribution in [3.8, 4) is 0 Å². The molecule has 2 aliphatic heterocycles. The molecular weight excluding hydrogens is 520 g/mol. The van der Waals surface area contributed by atoms with Crippen LogP contribution in [0.2, 0.25) is 0 Å². The molecule has 0 spiro atoms. The molecule has 210 valence electrons. The number of allylic oxidation sites excluding steroid dienone is 10. The van der Waals surface area contributed by atoms with Crippen LogP contribution in [0.5, 0.6) is 0 Å². The Hall–Kier alpha value is -2.98. The summed E-state index contributed by atoms with van der Waals surface area (Å²) >= 11 is 0. The average molecular weight is 555 g/mol. The Balaban J connectivity index is 1.05. The van der Waals surface area contributed by atoms with E-state index in [4.69, 9.17) is 9.47 Å². The molecule has 15 aliphatic rings. The van der Waals surface area contributed by atoms with E-state index in [0.717, 1.165) is 13.2 Å². The van der Waals surface area contributed by atoms with E-state index in [0.29, 0.717) is 83.9 Å². The third kappa shape index (κ3) is 2.05. The Labute approximate surface area is 245 Å². The van der Waals surface area contributed by atoms with Crippen molar-refractivity contribution in [1.29, 1.82) is 0 Å². The summed E-state index contributed by atoms with van der Waals surface area (Å²) < 4.78 is 12.0. The van der Waals surface area contributed by atoms with Crippen molar-refractivity contribution in [3.63, 3.8) is 0 Å². The summed E-state index contributed by atoms with van der Waals surface area (Å²) in [6.07, 6.45) is 21.1. The maximum atomic E-state index is 14.4. The van der Waals surface area contributed by atoms with Crippen molar-refractivity contribution in [2.24, 2.45) is 81.8 Å². The van der Waals surface area contributed by atoms with E-state index >= 15 is 0 Å². The number of ether oxygens (including phenoxy) is 2. The molecule has 2 saturated carbocycles. The zero-order chi connectivity index (χ0) is 27.3. The number of esters is 2. The largest absolute Gasteiger partial charge is 0.392 e. The minimum absolute atomic E-state index is 0.0585. The van der Waals surface area contributed by atoms with Crippen LogP contribution in [0.4, 0.5) is 0 Å². The van der Waals surface area contributed by atoms with Crippen molar-refractivity contribution in [2.75, 3.05) is 13.2 Å². The zero-order valence-corrected chi connectivity index (χ0v) is 23.5. The molecule has 0 radical (unpaired) electrons. The number of hydrogen-bond acceptors (Lipinski definition) is 4. The third-order valence-corrected chi connectivity index (χ3v) is 15.3. The van der Waals surface area contributed by atoms with E-state index in [9.17, 15) is 9.59 Å². The van der Waals surface area contributed by atoms with Crippen LogP contribution in [0.25, 0.3) is 0 Å². The number of carbonyl (C=O) groups is 2. The van der Waals surface area contributed by atoms with Gasteiger partial charge in [0.1, 0.15) is 0 Å². The van der Waals surface area contributed by atoms with Crippen LogP contribution < -0.4 is 0 Å². The summed E-state index contributed by atoms with van der Waals surface area (Å²) in [4.78, 5) is 28.7. The SMILES string of the molecule is O=C1OC(=O)[C@@]23CC4=C(C[C@@]12[C@@H]1C=C[C@H]3C2C1[C@@H]1C=C[C@H]2C2COCC21)[C@@H]1C=C[C@H]4C2C1[C@@H]1C=C[C@H]2c2ccccc21. The van der Waals surface area contributed by atoms with Gasteiger partial charge in [-0.2, -0.15) is 0 Å². The first-order chi connectivity index (χ1) is 20.6. The molecule has 13 aliphatic carbocycles. The van der Waals surface area contributed by atoms with E-state index < -0.39 is 10.8 Å². The lowest BCUT2D eigenvalue weighted by atomic mass is 9.30. The summed E-state index contributed by atoms with van der Waals surface area (Å²) in [6.45, 7) is 1.68. The number of rotatable bonds is 0. The molecule has 6 unspecified atom stereocenters. The lowest BCUT2D eigenvalue weighted by Gasteiger charge is -2.70. The van der Waals surface area contributed by atoms with Gasteiger partial charge in [-0.25, -0.2) is 0 Å². The molecule has 4 nitrogen and oxygen atoms in total. The second-order valence-electron chi connectivity index (χ2n) is 15.7. The van der Waals surface area contributed by atoms with Crippen LogP contribution in [0, 0.1) is 81.8 Å². The molecule has 2 saturated heterocycles. The summed E-state index contributed by atoms with van der Waals surface area (Å²) in [5, 5.41) is 0. The van der Waals surface area contributed by atoms with Crippen molar-refractivity contribution < 1.29 is 19.1 Å². The lowest BCUT2D eigenvalue weighted by Crippen LogP contribution is -2.70. The molecule has 4 heteroatoms. The summed E-state index contributed by atoms with van der Waals surface area (Å²) in [7, 11) is 0. The standard InChI is InChI=1S/C38H34O4/c39-35-37-13-25-21-7-8-22(32-20-6-5-19(31(21)32)17-3-1-2-4-18(17)20)26(25)14-38(37,36(40)42-35)30-12-11-29(37)33-23-9-10-24(34(30)33)28-16-41-15-27(23)28/h1-12,19-24,27-34H,13-16H2/t19-,20+,21+,22-,23-,24+,27?,28?,29-,30+,31?,32?,33?,34?,37-,38+. The Morgan fingerprint density at radius 1 is 0.571 bits per heavy atom. The van der Waals surface area contributed by atoms with Crippen molar-refractivity contribution in [2.45, 2.75) is 24.7 Å². The van der Waals surface area contributed by atoms with Crippen LogP contribution in [0.1, 0.15) is 35.8 Å². The second-order valence-corrected chi connectivity index (χ2v) is 15.7. The van der Waals surface area contributed by atoms with Crippen molar-refractivity contribution in [1.82, 2.24) is 0 Å². The van der Waals surface area contributed by atoms with Gasteiger partial charge in [0.25, 0.3) is 0 Å². The van der Waals surface area contributed by atoms with E-state index in [1.165, 1.54) is 22.3 Å². The predicted molar refractivity (Wildman–Crippen MR) is 153 cm³/mol. The van der Waals surface area contributed by atoms with Gasteiger partial charge >= 0.3 is 11.9 Å². The van der Waals surface area contributed by atoms with Crippen molar-refractivity contribution in [3.05, 3.63) is 95.1 Å². The first kappa shape index (κ1) is 22.5. The maximum Gasteiger partial charge on any atom is 0.321 e. The highest BCUT2D eigenvalue weighted by atomic mass is 16.6. The van der Waals surface area contributed by atoms with Gasteiger partial charge in [-0.05, 0) is 83.1 Å². The second kappa shape index (κ2) is 6.88. The van der Waals surface area contributed by atoms with Gasteiger partial charge in [-0.3, -0.25) is 9.59 Å². The smallest absolute Gasteiger partial charge is 0.321 e. The minimum atomic E-state index is -0.758. The van der Waals surface area contributed by atoms with Crippen LogP contribution in [0.15, 0.2) is 84.0 Å². The van der Waals surface area contributed by atoms with E-state index in [1.807, 2.05) is 0 Å². The van der Waals surface area contributed by atoms with Gasteiger partial charge in [0.05, 0.1) is 24.0 Å². The lowest BCUT2D eigenvalue weighted by molar-refractivity contribution is -0.191. The Morgan fingerprint density at radius 2 is 1.05 bits per heavy atom. The zero-order valence-electron chi connectivity index (χ0n) is 23.5. The molecule has 1 aromatic carbocycles. The number of carbonyl (C=O) groups excluding carboxylic acids is 2. The van der Waals surface area contributed by atoms with Gasteiger partial charge in [-0.15, -0.1) is 0 Å². The molecule has 0 amide bonds. The normalized spacial score (nSPS) is 56.6. The van der Waals surface area contributed by atoms with Gasteiger partial charge in [0.15, 0.2) is 0 Å². The fourth-order valence-electron chi connectivity index (χ4n) is 14.2. The highest BCUT2D eigenvalue weighted by Gasteiger charge is 2.83. The highest BCUT2D eigenvalue weighted by Crippen LogP contribution is 2.80. The molecule has 0 N–H and O–H groups in total. The fourth-order valence-corrected chi connectivity index (χ4v) is 14.2. The van der Waals surface area contributed by atoms with E-state index in [-0.39, 0.29) is 23.8 Å². The number of hydrogen-bond donors (Lipinski definition) is 0. The maximum absolute atomic E-state index is 14.4. The van der Waals surface area contributed by atoms with Crippen LogP contribution in [-0.2, 0) is 19.1 Å². The summed E-state index contributed by atoms with van der Waals surface area (Å²) in [6, 6.07) is 9.10. The molecule has 0 aromatic heterocycles. The van der Waals surface area contributed by atoms with Gasteiger partial charge in [0, 0.05) is 23.7 Å². The quantitative estimate of drug-likeness (QED) is 0.233. The van der Waals surface area contributed by atoms with Gasteiger partial charge in [-0.1, -0.05) is 84.0 Å². The Bertz CT molecular complexity index is 1590. The fraction of sp³-hybridized carbons (Fsp3) is 0.526. The molecular formula is C38H34O4. The summed E-state index contributed by atoms with van der Waals surface area (Å²) in [5.74, 6) is 5.05. The average Bonchev–Trinajstić information content (AvgIpc) is 3.64. The monoisotopic (exact) mass is 554 g/mol. The summed E-state index contributed by atoms with van der Waals surface area (Å²) in [5.41, 5.74) is 4.50. The van der Waals surface area contributed by atoms with Gasteiger partial charge in [0.2, 0.25) is 0 Å². The molecule has 1 aromatic rings. The molecule has 4 fully saturated rings. The third-order valence-electron chi connectivity index (χ3n) is 15.3. The van der Waals surface area contributed by atoms with E-state index in [2.05, 4.69) is 72.9 Å².